The summed E-state index contributed by atoms with van der Waals surface area (Å²) in [5.41, 5.74) is 2.00. The van der Waals surface area contributed by atoms with Gasteiger partial charge < -0.3 is 9.64 Å². The highest BCUT2D eigenvalue weighted by Crippen LogP contribution is 2.29. The molecule has 2 aromatic carbocycles. The van der Waals surface area contributed by atoms with Gasteiger partial charge in [-0.25, -0.2) is 9.29 Å². The highest BCUT2D eigenvalue weighted by atomic mass is 19.1. The maximum atomic E-state index is 13.4. The van der Waals surface area contributed by atoms with Gasteiger partial charge in [0.2, 0.25) is 5.91 Å². The topological polar surface area (TPSA) is 66.9 Å². The first-order valence-electron chi connectivity index (χ1n) is 11.2. The molecule has 2 aromatic rings. The van der Waals surface area contributed by atoms with E-state index < -0.39 is 17.8 Å². The van der Waals surface area contributed by atoms with Crippen LogP contribution in [0.3, 0.4) is 0 Å². The molecular formula is C26H27FN2O4. The molecule has 4 rings (SSSR count). The molecule has 1 saturated heterocycles. The van der Waals surface area contributed by atoms with Crippen molar-refractivity contribution in [1.29, 1.82) is 0 Å². The van der Waals surface area contributed by atoms with Crippen LogP contribution in [0.15, 0.2) is 60.2 Å². The fourth-order valence-corrected chi connectivity index (χ4v) is 4.41. The molecule has 2 aliphatic rings. The molecule has 1 aliphatic carbocycles. The van der Waals surface area contributed by atoms with Gasteiger partial charge in [-0.05, 0) is 80.6 Å². The molecule has 0 N–H and O–H groups in total. The number of benzene rings is 2. The minimum absolute atomic E-state index is 0.0865. The fourth-order valence-electron chi connectivity index (χ4n) is 4.41. The number of carbonyl (C=O) groups excluding carboxylic acids is 3. The number of allylic oxidation sites excluding steroid dienone is 1. The first-order chi connectivity index (χ1) is 16.0. The minimum Gasteiger partial charge on any atom is -0.497 e. The first-order valence-corrected chi connectivity index (χ1v) is 11.2. The molecule has 7 heteroatoms. The predicted molar refractivity (Wildman–Crippen MR) is 122 cm³/mol. The fraction of sp³-hybridized carbons (Fsp3) is 0.346. The summed E-state index contributed by atoms with van der Waals surface area (Å²) >= 11 is 0. The number of rotatable bonds is 7. The van der Waals surface area contributed by atoms with Crippen LogP contribution >= 0.6 is 0 Å². The SMILES string of the molecule is COc1ccc(N2C(=O)CC(N(CCC3=CCCCC3)C(=O)c3ccc(F)cc3)C2=O)cc1. The van der Waals surface area contributed by atoms with Crippen LogP contribution in [-0.4, -0.2) is 42.3 Å². The average Bonchev–Trinajstić information content (AvgIpc) is 3.13. The zero-order valence-corrected chi connectivity index (χ0v) is 18.6. The molecule has 1 atom stereocenters. The zero-order valence-electron chi connectivity index (χ0n) is 18.6. The molecule has 3 amide bonds. The standard InChI is InChI=1S/C26H27FN2O4/c1-33-22-13-11-21(12-14-22)29-24(30)17-23(26(29)32)28(16-15-18-5-3-2-4-6-18)25(31)19-7-9-20(27)10-8-19/h5,7-14,23H,2-4,6,15-17H2,1H3. The second-order valence-corrected chi connectivity index (χ2v) is 8.35. The minimum atomic E-state index is -0.902. The van der Waals surface area contributed by atoms with Crippen molar-refractivity contribution in [3.63, 3.8) is 0 Å². The van der Waals surface area contributed by atoms with Crippen LogP contribution in [0.2, 0.25) is 0 Å². The molecule has 0 bridgehead atoms. The second kappa shape index (κ2) is 9.98. The van der Waals surface area contributed by atoms with Crippen molar-refractivity contribution >= 4 is 23.4 Å². The van der Waals surface area contributed by atoms with Crippen LogP contribution in [0.5, 0.6) is 5.75 Å². The van der Waals surface area contributed by atoms with Crippen LogP contribution in [0.25, 0.3) is 0 Å². The van der Waals surface area contributed by atoms with Gasteiger partial charge in [0.15, 0.2) is 0 Å². The molecule has 1 aliphatic heterocycles. The summed E-state index contributed by atoms with van der Waals surface area (Å²) in [7, 11) is 1.54. The number of nitrogens with zero attached hydrogens (tertiary/aromatic N) is 2. The Balaban J connectivity index is 1.60. The molecule has 0 saturated carbocycles. The van der Waals surface area contributed by atoms with Gasteiger partial charge in [0, 0.05) is 12.1 Å². The average molecular weight is 451 g/mol. The largest absolute Gasteiger partial charge is 0.497 e. The second-order valence-electron chi connectivity index (χ2n) is 8.35. The van der Waals surface area contributed by atoms with Gasteiger partial charge in [0.1, 0.15) is 17.6 Å². The number of hydrogen-bond acceptors (Lipinski definition) is 4. The quantitative estimate of drug-likeness (QED) is 0.460. The van der Waals surface area contributed by atoms with Gasteiger partial charge in [0.05, 0.1) is 19.2 Å². The van der Waals surface area contributed by atoms with E-state index in [2.05, 4.69) is 6.08 Å². The molecule has 33 heavy (non-hydrogen) atoms. The van der Waals surface area contributed by atoms with Gasteiger partial charge >= 0.3 is 0 Å². The van der Waals surface area contributed by atoms with Crippen LogP contribution in [0.1, 0.15) is 48.9 Å². The van der Waals surface area contributed by atoms with E-state index in [0.29, 0.717) is 24.4 Å². The van der Waals surface area contributed by atoms with Crippen LogP contribution in [0.4, 0.5) is 10.1 Å². The molecule has 1 unspecified atom stereocenters. The van der Waals surface area contributed by atoms with Gasteiger partial charge in [-0.2, -0.15) is 0 Å². The Morgan fingerprint density at radius 1 is 1.09 bits per heavy atom. The van der Waals surface area contributed by atoms with Gasteiger partial charge in [0.25, 0.3) is 11.8 Å². The van der Waals surface area contributed by atoms with E-state index in [-0.39, 0.29) is 23.8 Å². The summed E-state index contributed by atoms with van der Waals surface area (Å²) in [5, 5.41) is 0. The van der Waals surface area contributed by atoms with Crippen molar-refractivity contribution in [2.24, 2.45) is 0 Å². The summed E-state index contributed by atoms with van der Waals surface area (Å²) in [6, 6.07) is 11.0. The third-order valence-electron chi connectivity index (χ3n) is 6.24. The van der Waals surface area contributed by atoms with Crippen LogP contribution in [-0.2, 0) is 9.59 Å². The van der Waals surface area contributed by atoms with Gasteiger partial charge in [-0.1, -0.05) is 11.6 Å². The highest BCUT2D eigenvalue weighted by Gasteiger charge is 2.44. The molecule has 0 spiro atoms. The summed E-state index contributed by atoms with van der Waals surface area (Å²) in [4.78, 5) is 42.2. The number of hydrogen-bond donors (Lipinski definition) is 0. The van der Waals surface area contributed by atoms with E-state index in [9.17, 15) is 18.8 Å². The van der Waals surface area contributed by atoms with Crippen molar-refractivity contribution in [1.82, 2.24) is 4.90 Å². The Hall–Kier alpha value is -3.48. The molecule has 1 heterocycles. The van der Waals surface area contributed by atoms with E-state index >= 15 is 0 Å². The first kappa shape index (κ1) is 22.7. The predicted octanol–water partition coefficient (Wildman–Crippen LogP) is 4.50. The van der Waals surface area contributed by atoms with Crippen LogP contribution < -0.4 is 9.64 Å². The summed E-state index contributed by atoms with van der Waals surface area (Å²) in [5.74, 6) is -0.997. The van der Waals surface area contributed by atoms with Gasteiger partial charge in [-0.15, -0.1) is 0 Å². The molecule has 6 nitrogen and oxygen atoms in total. The Morgan fingerprint density at radius 3 is 2.45 bits per heavy atom. The van der Waals surface area contributed by atoms with E-state index in [1.54, 1.807) is 24.3 Å². The molecule has 0 radical (unpaired) electrons. The lowest BCUT2D eigenvalue weighted by Gasteiger charge is -2.28. The summed E-state index contributed by atoms with van der Waals surface area (Å²) in [6.07, 6.45) is 7.04. The molecule has 0 aromatic heterocycles. The number of halogens is 1. The smallest absolute Gasteiger partial charge is 0.257 e. The number of imide groups is 1. The lowest BCUT2D eigenvalue weighted by atomic mass is 9.96. The molecule has 1 fully saturated rings. The van der Waals surface area contributed by atoms with Crippen LogP contribution in [0, 0.1) is 5.82 Å². The number of ether oxygens (including phenoxy) is 1. The normalized spacial score (nSPS) is 18.3. The third-order valence-corrected chi connectivity index (χ3v) is 6.24. The van der Waals surface area contributed by atoms with Crippen molar-refractivity contribution in [3.05, 3.63) is 71.6 Å². The van der Waals surface area contributed by atoms with Crippen molar-refractivity contribution < 1.29 is 23.5 Å². The zero-order chi connectivity index (χ0) is 23.4. The number of anilines is 1. The summed E-state index contributed by atoms with van der Waals surface area (Å²) in [6.45, 7) is 0.322. The van der Waals surface area contributed by atoms with Gasteiger partial charge in [-0.3, -0.25) is 14.4 Å². The Morgan fingerprint density at radius 2 is 1.82 bits per heavy atom. The molecular weight excluding hydrogens is 423 g/mol. The van der Waals surface area contributed by atoms with Crippen molar-refractivity contribution in [2.45, 2.75) is 44.6 Å². The summed E-state index contributed by atoms with van der Waals surface area (Å²) < 4.78 is 18.6. The van der Waals surface area contributed by atoms with E-state index in [1.807, 2.05) is 0 Å². The van der Waals surface area contributed by atoms with E-state index in [0.717, 1.165) is 30.6 Å². The Kier molecular flexibility index (Phi) is 6.87. The number of methoxy groups -OCH3 is 1. The maximum Gasteiger partial charge on any atom is 0.257 e. The number of carbonyl (C=O) groups is 3. The Labute approximate surface area is 192 Å². The van der Waals surface area contributed by atoms with E-state index in [1.165, 1.54) is 41.8 Å². The lowest BCUT2D eigenvalue weighted by molar-refractivity contribution is -0.122. The monoisotopic (exact) mass is 450 g/mol. The number of amides is 3. The Bertz CT molecular complexity index is 1060. The van der Waals surface area contributed by atoms with E-state index in [4.69, 9.17) is 4.74 Å². The molecule has 172 valence electrons. The highest BCUT2D eigenvalue weighted by molar-refractivity contribution is 6.23. The van der Waals surface area contributed by atoms with Crippen molar-refractivity contribution in [3.8, 4) is 5.75 Å². The maximum absolute atomic E-state index is 13.4. The van der Waals surface area contributed by atoms with Crippen molar-refractivity contribution in [2.75, 3.05) is 18.6 Å². The lowest BCUT2D eigenvalue weighted by Crippen LogP contribution is -2.46. The third kappa shape index (κ3) is 4.97.